The summed E-state index contributed by atoms with van der Waals surface area (Å²) < 4.78 is 0. The van der Waals surface area contributed by atoms with Crippen LogP contribution < -0.4 is 16.0 Å². The van der Waals surface area contributed by atoms with E-state index in [1.54, 1.807) is 0 Å². The molecule has 0 heterocycles. The number of hydrogen-bond acceptors (Lipinski definition) is 2. The lowest BCUT2D eigenvalue weighted by atomic mass is 10.2. The molecule has 0 bridgehead atoms. The standard InChI is InChI=1S/C15H23N3OS/c1-3-4-5-6-11-16-15(20)18-14-9-7-13(8-10-14)17-12(2)19/h7-10H,3-6,11H2,1-2H3,(H,17,19)(H2,16,18,20). The van der Waals surface area contributed by atoms with E-state index in [0.717, 1.165) is 24.3 Å². The van der Waals surface area contributed by atoms with Crippen LogP contribution in [0.2, 0.25) is 0 Å². The number of carbonyl (C=O) groups is 1. The molecule has 0 aromatic heterocycles. The number of rotatable bonds is 7. The van der Waals surface area contributed by atoms with Crippen LogP contribution in [-0.4, -0.2) is 17.6 Å². The fourth-order valence-electron chi connectivity index (χ4n) is 1.77. The summed E-state index contributed by atoms with van der Waals surface area (Å²) in [5.41, 5.74) is 1.69. The molecule has 0 unspecified atom stereocenters. The monoisotopic (exact) mass is 293 g/mol. The second-order valence-electron chi connectivity index (χ2n) is 4.70. The highest BCUT2D eigenvalue weighted by Crippen LogP contribution is 2.13. The third-order valence-electron chi connectivity index (χ3n) is 2.78. The van der Waals surface area contributed by atoms with E-state index >= 15 is 0 Å². The van der Waals surface area contributed by atoms with E-state index in [4.69, 9.17) is 12.2 Å². The average molecular weight is 293 g/mol. The van der Waals surface area contributed by atoms with Gasteiger partial charge in [0, 0.05) is 24.8 Å². The highest BCUT2D eigenvalue weighted by atomic mass is 32.1. The lowest BCUT2D eigenvalue weighted by molar-refractivity contribution is -0.114. The summed E-state index contributed by atoms with van der Waals surface area (Å²) in [6.07, 6.45) is 4.88. The fraction of sp³-hybridized carbons (Fsp3) is 0.467. The van der Waals surface area contributed by atoms with Crippen LogP contribution in [0.1, 0.15) is 39.5 Å². The topological polar surface area (TPSA) is 53.2 Å². The van der Waals surface area contributed by atoms with E-state index in [9.17, 15) is 4.79 Å². The normalized spacial score (nSPS) is 9.90. The molecule has 0 saturated carbocycles. The lowest BCUT2D eigenvalue weighted by Gasteiger charge is -2.11. The first-order chi connectivity index (χ1) is 9.61. The van der Waals surface area contributed by atoms with Gasteiger partial charge in [-0.3, -0.25) is 4.79 Å². The third kappa shape index (κ3) is 7.09. The molecule has 0 spiro atoms. The molecular formula is C15H23N3OS. The second kappa shape index (κ2) is 9.31. The van der Waals surface area contributed by atoms with Gasteiger partial charge in [-0.05, 0) is 42.9 Å². The highest BCUT2D eigenvalue weighted by molar-refractivity contribution is 7.80. The van der Waals surface area contributed by atoms with Crippen molar-refractivity contribution < 1.29 is 4.79 Å². The van der Waals surface area contributed by atoms with E-state index in [2.05, 4.69) is 22.9 Å². The number of carbonyl (C=O) groups excluding carboxylic acids is 1. The van der Waals surface area contributed by atoms with Crippen molar-refractivity contribution in [3.05, 3.63) is 24.3 Å². The smallest absolute Gasteiger partial charge is 0.221 e. The van der Waals surface area contributed by atoms with E-state index in [0.29, 0.717) is 5.11 Å². The predicted molar refractivity (Wildman–Crippen MR) is 89.1 cm³/mol. The average Bonchev–Trinajstić information content (AvgIpc) is 2.40. The minimum Gasteiger partial charge on any atom is -0.362 e. The Morgan fingerprint density at radius 2 is 1.65 bits per heavy atom. The Bertz CT molecular complexity index is 431. The van der Waals surface area contributed by atoms with Gasteiger partial charge in [-0.2, -0.15) is 0 Å². The Labute approximate surface area is 126 Å². The van der Waals surface area contributed by atoms with Crippen molar-refractivity contribution in [2.24, 2.45) is 0 Å². The summed E-state index contributed by atoms with van der Waals surface area (Å²) in [6.45, 7) is 4.59. The highest BCUT2D eigenvalue weighted by Gasteiger charge is 1.99. The molecule has 1 amide bonds. The fourth-order valence-corrected chi connectivity index (χ4v) is 1.99. The number of benzene rings is 1. The van der Waals surface area contributed by atoms with Gasteiger partial charge in [0.1, 0.15) is 0 Å². The zero-order valence-corrected chi connectivity index (χ0v) is 13.0. The summed E-state index contributed by atoms with van der Waals surface area (Å²) in [5.74, 6) is -0.0741. The first-order valence-electron chi connectivity index (χ1n) is 7.04. The van der Waals surface area contributed by atoms with Gasteiger partial charge in [0.2, 0.25) is 5.91 Å². The first-order valence-corrected chi connectivity index (χ1v) is 7.45. The van der Waals surface area contributed by atoms with Crippen LogP contribution in [0.3, 0.4) is 0 Å². The largest absolute Gasteiger partial charge is 0.362 e. The SMILES string of the molecule is CCCCCCNC(=S)Nc1ccc(NC(C)=O)cc1. The quantitative estimate of drug-likeness (QED) is 0.532. The van der Waals surface area contributed by atoms with Crippen LogP contribution in [0.25, 0.3) is 0 Å². The first kappa shape index (κ1) is 16.4. The minimum absolute atomic E-state index is 0.0741. The molecule has 1 aromatic carbocycles. The molecule has 0 radical (unpaired) electrons. The van der Waals surface area contributed by atoms with Gasteiger partial charge in [0.25, 0.3) is 0 Å². The van der Waals surface area contributed by atoms with Gasteiger partial charge in [-0.1, -0.05) is 26.2 Å². The molecule has 0 fully saturated rings. The van der Waals surface area contributed by atoms with Gasteiger partial charge in [-0.25, -0.2) is 0 Å². The number of thiocarbonyl (C=S) groups is 1. The summed E-state index contributed by atoms with van der Waals surface area (Å²) in [7, 11) is 0. The second-order valence-corrected chi connectivity index (χ2v) is 5.11. The zero-order valence-electron chi connectivity index (χ0n) is 12.2. The Hall–Kier alpha value is -1.62. The maximum atomic E-state index is 10.9. The third-order valence-corrected chi connectivity index (χ3v) is 3.03. The molecule has 0 saturated heterocycles. The Kier molecular flexibility index (Phi) is 7.65. The maximum absolute atomic E-state index is 10.9. The van der Waals surface area contributed by atoms with E-state index in [-0.39, 0.29) is 5.91 Å². The molecule has 20 heavy (non-hydrogen) atoms. The molecule has 0 aliphatic rings. The molecule has 1 rings (SSSR count). The van der Waals surface area contributed by atoms with Gasteiger partial charge < -0.3 is 16.0 Å². The molecule has 110 valence electrons. The number of amides is 1. The lowest BCUT2D eigenvalue weighted by Crippen LogP contribution is -2.29. The van der Waals surface area contributed by atoms with E-state index in [1.807, 2.05) is 24.3 Å². The summed E-state index contributed by atoms with van der Waals surface area (Å²) >= 11 is 5.22. The van der Waals surface area contributed by atoms with Gasteiger partial charge in [0.15, 0.2) is 5.11 Å². The minimum atomic E-state index is -0.0741. The van der Waals surface area contributed by atoms with Crippen molar-refractivity contribution in [2.75, 3.05) is 17.2 Å². The Morgan fingerprint density at radius 1 is 1.05 bits per heavy atom. The number of hydrogen-bond donors (Lipinski definition) is 3. The molecule has 3 N–H and O–H groups in total. The van der Waals surface area contributed by atoms with Crippen LogP contribution in [0.4, 0.5) is 11.4 Å². The number of anilines is 2. The van der Waals surface area contributed by atoms with Crippen LogP contribution >= 0.6 is 12.2 Å². The number of nitrogens with one attached hydrogen (secondary N) is 3. The molecule has 5 heteroatoms. The molecular weight excluding hydrogens is 270 g/mol. The van der Waals surface area contributed by atoms with Gasteiger partial charge in [-0.15, -0.1) is 0 Å². The number of unbranched alkanes of at least 4 members (excludes halogenated alkanes) is 3. The molecule has 4 nitrogen and oxygen atoms in total. The molecule has 0 atom stereocenters. The van der Waals surface area contributed by atoms with Crippen molar-refractivity contribution in [1.82, 2.24) is 5.32 Å². The molecule has 1 aromatic rings. The summed E-state index contributed by atoms with van der Waals surface area (Å²) in [6, 6.07) is 7.45. The maximum Gasteiger partial charge on any atom is 0.221 e. The Morgan fingerprint density at radius 3 is 2.20 bits per heavy atom. The Balaban J connectivity index is 2.29. The van der Waals surface area contributed by atoms with E-state index in [1.165, 1.54) is 26.2 Å². The summed E-state index contributed by atoms with van der Waals surface area (Å²) in [4.78, 5) is 10.9. The van der Waals surface area contributed by atoms with E-state index < -0.39 is 0 Å². The van der Waals surface area contributed by atoms with Crippen molar-refractivity contribution in [2.45, 2.75) is 39.5 Å². The van der Waals surface area contributed by atoms with Gasteiger partial charge in [0.05, 0.1) is 0 Å². The van der Waals surface area contributed by atoms with Crippen LogP contribution in [0, 0.1) is 0 Å². The molecule has 0 aliphatic carbocycles. The van der Waals surface area contributed by atoms with Gasteiger partial charge >= 0.3 is 0 Å². The van der Waals surface area contributed by atoms with Crippen molar-refractivity contribution in [1.29, 1.82) is 0 Å². The molecule has 0 aliphatic heterocycles. The van der Waals surface area contributed by atoms with Crippen molar-refractivity contribution >= 4 is 34.6 Å². The zero-order chi connectivity index (χ0) is 14.8. The van der Waals surface area contributed by atoms with Crippen LogP contribution in [0.15, 0.2) is 24.3 Å². The summed E-state index contributed by atoms with van der Waals surface area (Å²) in [5, 5.41) is 9.67. The van der Waals surface area contributed by atoms with Crippen molar-refractivity contribution in [3.8, 4) is 0 Å². The van der Waals surface area contributed by atoms with Crippen LogP contribution in [0.5, 0.6) is 0 Å². The predicted octanol–water partition coefficient (Wildman–Crippen LogP) is 3.51. The van der Waals surface area contributed by atoms with Crippen LogP contribution in [-0.2, 0) is 4.79 Å². The van der Waals surface area contributed by atoms with Crippen molar-refractivity contribution in [3.63, 3.8) is 0 Å².